The molecule has 0 aliphatic heterocycles. The topological polar surface area (TPSA) is 55.6 Å². The monoisotopic (exact) mass is 259 g/mol. The zero-order chi connectivity index (χ0) is 14.2. The summed E-state index contributed by atoms with van der Waals surface area (Å²) in [6.45, 7) is 8.42. The van der Waals surface area contributed by atoms with Gasteiger partial charge in [-0.25, -0.2) is 9.97 Å². The third-order valence-electron chi connectivity index (χ3n) is 3.01. The lowest BCUT2D eigenvalue weighted by atomic mass is 9.92. The lowest BCUT2D eigenvalue weighted by Gasteiger charge is -2.19. The Balaban J connectivity index is 2.60. The molecule has 5 heteroatoms. The normalized spacial score (nSPS) is 11.7. The molecular weight excluding hydrogens is 238 g/mol. The second-order valence-corrected chi connectivity index (χ2v) is 5.76. The summed E-state index contributed by atoms with van der Waals surface area (Å²) in [4.78, 5) is 9.23. The Labute approximate surface area is 114 Å². The van der Waals surface area contributed by atoms with E-state index in [0.717, 1.165) is 28.6 Å². The molecule has 5 nitrogen and oxygen atoms in total. The Kier molecular flexibility index (Phi) is 3.30. The summed E-state index contributed by atoms with van der Waals surface area (Å²) in [5.74, 6) is 1.56. The van der Waals surface area contributed by atoms with Crippen LogP contribution in [0.25, 0.3) is 11.4 Å². The van der Waals surface area contributed by atoms with Crippen molar-refractivity contribution >= 4 is 5.82 Å². The number of hydrogen-bond donors (Lipinski definition) is 1. The molecule has 0 aliphatic carbocycles. The molecule has 0 fully saturated rings. The minimum atomic E-state index is -0.0145. The molecule has 0 amide bonds. The molecule has 0 aliphatic rings. The molecule has 2 heterocycles. The van der Waals surface area contributed by atoms with Crippen molar-refractivity contribution in [2.45, 2.75) is 33.1 Å². The molecule has 2 rings (SSSR count). The summed E-state index contributed by atoms with van der Waals surface area (Å²) in [6.07, 6.45) is 1.95. The van der Waals surface area contributed by atoms with Gasteiger partial charge in [0.1, 0.15) is 5.82 Å². The van der Waals surface area contributed by atoms with Crippen molar-refractivity contribution in [2.24, 2.45) is 7.05 Å². The van der Waals surface area contributed by atoms with E-state index >= 15 is 0 Å². The van der Waals surface area contributed by atoms with Crippen molar-refractivity contribution in [3.8, 4) is 11.4 Å². The lowest BCUT2D eigenvalue weighted by Crippen LogP contribution is -2.15. The van der Waals surface area contributed by atoms with Gasteiger partial charge in [0.05, 0.1) is 17.0 Å². The van der Waals surface area contributed by atoms with Gasteiger partial charge in [0, 0.05) is 31.8 Å². The zero-order valence-corrected chi connectivity index (χ0v) is 12.4. The molecule has 0 radical (unpaired) electrons. The molecule has 1 N–H and O–H groups in total. The molecular formula is C14H21N5. The fourth-order valence-electron chi connectivity index (χ4n) is 1.90. The highest BCUT2D eigenvalue weighted by Gasteiger charge is 2.19. The van der Waals surface area contributed by atoms with Gasteiger partial charge in [0.15, 0.2) is 5.82 Å². The van der Waals surface area contributed by atoms with E-state index in [0.29, 0.717) is 0 Å². The van der Waals surface area contributed by atoms with Crippen LogP contribution in [-0.4, -0.2) is 26.8 Å². The Morgan fingerprint density at radius 2 is 1.89 bits per heavy atom. The van der Waals surface area contributed by atoms with Gasteiger partial charge in [-0.1, -0.05) is 20.8 Å². The molecule has 102 valence electrons. The minimum Gasteiger partial charge on any atom is -0.373 e. The van der Waals surface area contributed by atoms with Crippen molar-refractivity contribution < 1.29 is 0 Å². The van der Waals surface area contributed by atoms with Crippen molar-refractivity contribution in [1.29, 1.82) is 0 Å². The van der Waals surface area contributed by atoms with E-state index < -0.39 is 0 Å². The molecule has 2 aromatic heterocycles. The maximum atomic E-state index is 4.69. The van der Waals surface area contributed by atoms with E-state index in [1.165, 1.54) is 0 Å². The van der Waals surface area contributed by atoms with Gasteiger partial charge in [-0.15, -0.1) is 0 Å². The number of aromatic nitrogens is 4. The minimum absolute atomic E-state index is 0.0145. The van der Waals surface area contributed by atoms with Gasteiger partial charge in [-0.3, -0.25) is 4.68 Å². The number of hydrogen-bond acceptors (Lipinski definition) is 4. The first kappa shape index (κ1) is 13.5. The van der Waals surface area contributed by atoms with Gasteiger partial charge < -0.3 is 5.32 Å². The van der Waals surface area contributed by atoms with Crippen LogP contribution < -0.4 is 5.32 Å². The highest BCUT2D eigenvalue weighted by Crippen LogP contribution is 2.26. The Hall–Kier alpha value is -1.91. The molecule has 0 atom stereocenters. The van der Waals surface area contributed by atoms with Crippen LogP contribution in [0.15, 0.2) is 12.3 Å². The fourth-order valence-corrected chi connectivity index (χ4v) is 1.90. The third-order valence-corrected chi connectivity index (χ3v) is 3.01. The average Bonchev–Trinajstić information content (AvgIpc) is 2.66. The van der Waals surface area contributed by atoms with E-state index in [4.69, 9.17) is 4.98 Å². The van der Waals surface area contributed by atoms with Gasteiger partial charge in [0.25, 0.3) is 0 Å². The molecule has 0 aromatic carbocycles. The van der Waals surface area contributed by atoms with E-state index in [1.54, 1.807) is 4.68 Å². The van der Waals surface area contributed by atoms with Crippen LogP contribution in [-0.2, 0) is 12.5 Å². The van der Waals surface area contributed by atoms with E-state index in [1.807, 2.05) is 33.3 Å². The quantitative estimate of drug-likeness (QED) is 0.900. The first-order valence-corrected chi connectivity index (χ1v) is 6.39. The van der Waals surface area contributed by atoms with Crippen LogP contribution in [0.1, 0.15) is 32.2 Å². The van der Waals surface area contributed by atoms with Crippen LogP contribution in [0.3, 0.4) is 0 Å². The smallest absolute Gasteiger partial charge is 0.165 e. The molecule has 0 spiro atoms. The van der Waals surface area contributed by atoms with Crippen molar-refractivity contribution in [1.82, 2.24) is 19.7 Å². The summed E-state index contributed by atoms with van der Waals surface area (Å²) in [6, 6.07) is 2.00. The molecule has 19 heavy (non-hydrogen) atoms. The second kappa shape index (κ2) is 4.64. The van der Waals surface area contributed by atoms with E-state index in [2.05, 4.69) is 36.2 Å². The molecule has 0 saturated carbocycles. The number of nitrogens with one attached hydrogen (secondary N) is 1. The highest BCUT2D eigenvalue weighted by molar-refractivity contribution is 5.59. The lowest BCUT2D eigenvalue weighted by molar-refractivity contribution is 0.568. The SMILES string of the molecule is CNc1cc(C(C)(C)C)nc(-c2cn(C)nc2C)n1. The average molecular weight is 259 g/mol. The number of aryl methyl sites for hydroxylation is 2. The number of nitrogens with zero attached hydrogens (tertiary/aromatic N) is 4. The maximum Gasteiger partial charge on any atom is 0.165 e. The summed E-state index contributed by atoms with van der Waals surface area (Å²) in [7, 11) is 3.78. The summed E-state index contributed by atoms with van der Waals surface area (Å²) in [5.41, 5.74) is 2.92. The Morgan fingerprint density at radius 1 is 1.21 bits per heavy atom. The number of rotatable bonds is 2. The highest BCUT2D eigenvalue weighted by atomic mass is 15.3. The van der Waals surface area contributed by atoms with Gasteiger partial charge in [-0.2, -0.15) is 5.10 Å². The van der Waals surface area contributed by atoms with Crippen LogP contribution in [0.5, 0.6) is 0 Å². The summed E-state index contributed by atoms with van der Waals surface area (Å²) in [5, 5.41) is 7.45. The van der Waals surface area contributed by atoms with E-state index in [-0.39, 0.29) is 5.41 Å². The molecule has 2 aromatic rings. The summed E-state index contributed by atoms with van der Waals surface area (Å²) < 4.78 is 1.79. The molecule has 0 bridgehead atoms. The molecule has 0 saturated heterocycles. The third kappa shape index (κ3) is 2.75. The predicted molar refractivity (Wildman–Crippen MR) is 77.2 cm³/mol. The number of anilines is 1. The van der Waals surface area contributed by atoms with Gasteiger partial charge in [0.2, 0.25) is 0 Å². The maximum absolute atomic E-state index is 4.69. The van der Waals surface area contributed by atoms with E-state index in [9.17, 15) is 0 Å². The first-order chi connectivity index (χ1) is 8.81. The standard InChI is InChI=1S/C14H21N5/c1-9-10(8-19(6)18-9)13-16-11(14(2,3)4)7-12(15-5)17-13/h7-8H,1-6H3,(H,15,16,17). The van der Waals surface area contributed by atoms with Crippen LogP contribution in [0, 0.1) is 6.92 Å². The Morgan fingerprint density at radius 3 is 2.37 bits per heavy atom. The van der Waals surface area contributed by atoms with Crippen molar-refractivity contribution in [3.05, 3.63) is 23.7 Å². The summed E-state index contributed by atoms with van der Waals surface area (Å²) >= 11 is 0. The van der Waals surface area contributed by atoms with Crippen molar-refractivity contribution in [2.75, 3.05) is 12.4 Å². The van der Waals surface area contributed by atoms with Crippen LogP contribution in [0.2, 0.25) is 0 Å². The van der Waals surface area contributed by atoms with Crippen LogP contribution in [0.4, 0.5) is 5.82 Å². The largest absolute Gasteiger partial charge is 0.373 e. The molecule has 0 unspecified atom stereocenters. The second-order valence-electron chi connectivity index (χ2n) is 5.76. The fraction of sp³-hybridized carbons (Fsp3) is 0.500. The Bertz CT molecular complexity index is 592. The van der Waals surface area contributed by atoms with Crippen molar-refractivity contribution in [3.63, 3.8) is 0 Å². The van der Waals surface area contributed by atoms with Crippen LogP contribution >= 0.6 is 0 Å². The zero-order valence-electron chi connectivity index (χ0n) is 12.4. The van der Waals surface area contributed by atoms with Gasteiger partial charge >= 0.3 is 0 Å². The first-order valence-electron chi connectivity index (χ1n) is 6.39. The predicted octanol–water partition coefficient (Wildman–Crippen LogP) is 2.52. The van der Waals surface area contributed by atoms with Gasteiger partial charge in [-0.05, 0) is 6.92 Å².